The first-order valence-corrected chi connectivity index (χ1v) is 9.80. The van der Waals surface area contributed by atoms with Gasteiger partial charge in [0.2, 0.25) is 0 Å². The molecule has 1 saturated heterocycles. The highest BCUT2D eigenvalue weighted by atomic mass is 16.7. The molecule has 0 aromatic heterocycles. The lowest BCUT2D eigenvalue weighted by molar-refractivity contribution is 0.00578. The molecule has 0 amide bonds. The third kappa shape index (κ3) is 2.02. The Morgan fingerprint density at radius 3 is 1.96 bits per heavy atom. The maximum atomic E-state index is 6.38. The molecule has 28 heavy (non-hydrogen) atoms. The Kier molecular flexibility index (Phi) is 2.97. The number of hydrogen-bond donors (Lipinski definition) is 0. The van der Waals surface area contributed by atoms with Gasteiger partial charge < -0.3 is 14.0 Å². The van der Waals surface area contributed by atoms with E-state index in [1.807, 2.05) is 12.1 Å². The van der Waals surface area contributed by atoms with Gasteiger partial charge in [-0.3, -0.25) is 0 Å². The van der Waals surface area contributed by atoms with Crippen LogP contribution >= 0.6 is 0 Å². The van der Waals surface area contributed by atoms with E-state index in [4.69, 9.17) is 14.0 Å². The zero-order chi connectivity index (χ0) is 19.3. The van der Waals surface area contributed by atoms with Gasteiger partial charge >= 0.3 is 7.12 Å². The maximum Gasteiger partial charge on any atom is 0.494 e. The van der Waals surface area contributed by atoms with Gasteiger partial charge in [0.1, 0.15) is 11.5 Å². The molecular formula is C24H21BO3. The molecule has 6 rings (SSSR count). The minimum absolute atomic E-state index is 0.368. The lowest BCUT2D eigenvalue weighted by Gasteiger charge is -2.32. The average molecular weight is 368 g/mol. The van der Waals surface area contributed by atoms with Gasteiger partial charge in [0.05, 0.1) is 11.2 Å². The maximum absolute atomic E-state index is 6.38. The van der Waals surface area contributed by atoms with Crippen molar-refractivity contribution in [2.75, 3.05) is 0 Å². The fraction of sp³-hybridized carbons (Fsp3) is 0.250. The second-order valence-electron chi connectivity index (χ2n) is 8.89. The molecule has 2 aliphatic rings. The van der Waals surface area contributed by atoms with Gasteiger partial charge in [-0.25, -0.2) is 0 Å². The molecule has 0 radical (unpaired) electrons. The smallest absolute Gasteiger partial charge is 0.456 e. The summed E-state index contributed by atoms with van der Waals surface area (Å²) in [5.74, 6) is 1.79. The van der Waals surface area contributed by atoms with Crippen LogP contribution in [0.25, 0.3) is 32.3 Å². The van der Waals surface area contributed by atoms with Crippen molar-refractivity contribution in [2.45, 2.75) is 38.9 Å². The quantitative estimate of drug-likeness (QED) is 0.287. The van der Waals surface area contributed by atoms with Crippen LogP contribution in [0.1, 0.15) is 27.7 Å². The van der Waals surface area contributed by atoms with E-state index < -0.39 is 7.12 Å². The predicted molar refractivity (Wildman–Crippen MR) is 115 cm³/mol. The van der Waals surface area contributed by atoms with Crippen molar-refractivity contribution in [3.05, 3.63) is 54.6 Å². The summed E-state index contributed by atoms with van der Waals surface area (Å²) in [6, 6.07) is 19.2. The Morgan fingerprint density at radius 1 is 0.643 bits per heavy atom. The van der Waals surface area contributed by atoms with E-state index >= 15 is 0 Å². The van der Waals surface area contributed by atoms with Gasteiger partial charge in [-0.05, 0) is 61.4 Å². The first kappa shape index (κ1) is 16.4. The lowest BCUT2D eigenvalue weighted by atomic mass is 9.77. The molecular weight excluding hydrogens is 347 g/mol. The molecule has 0 atom stereocenters. The molecule has 3 nitrogen and oxygen atoms in total. The largest absolute Gasteiger partial charge is 0.494 e. The first-order valence-electron chi connectivity index (χ1n) is 9.80. The summed E-state index contributed by atoms with van der Waals surface area (Å²) in [5, 5.41) is 7.23. The van der Waals surface area contributed by atoms with Crippen molar-refractivity contribution >= 4 is 44.9 Å². The SMILES string of the molecule is CC1(C)OB(c2cc3c4c(ccc5ccc6cccc(c6c54)O3)c2)OC1(C)C. The Bertz CT molecular complexity index is 1290. The zero-order valence-corrected chi connectivity index (χ0v) is 16.5. The minimum atomic E-state index is -0.405. The second-order valence-corrected chi connectivity index (χ2v) is 8.89. The molecule has 0 saturated carbocycles. The topological polar surface area (TPSA) is 27.7 Å². The number of benzene rings is 4. The molecule has 1 fully saturated rings. The molecule has 2 aliphatic heterocycles. The van der Waals surface area contributed by atoms with Crippen LogP contribution < -0.4 is 10.2 Å². The third-order valence-electron chi connectivity index (χ3n) is 6.63. The van der Waals surface area contributed by atoms with Gasteiger partial charge in [0.15, 0.2) is 0 Å². The Morgan fingerprint density at radius 2 is 1.25 bits per heavy atom. The Balaban J connectivity index is 1.63. The first-order chi connectivity index (χ1) is 13.3. The molecule has 0 bridgehead atoms. The molecule has 4 aromatic carbocycles. The van der Waals surface area contributed by atoms with E-state index in [0.717, 1.165) is 22.3 Å². The molecule has 0 aliphatic carbocycles. The van der Waals surface area contributed by atoms with Crippen molar-refractivity contribution in [1.82, 2.24) is 0 Å². The number of rotatable bonds is 1. The minimum Gasteiger partial charge on any atom is -0.456 e. The summed E-state index contributed by atoms with van der Waals surface area (Å²) in [6.07, 6.45) is 0. The van der Waals surface area contributed by atoms with Crippen LogP contribution in [0.3, 0.4) is 0 Å². The van der Waals surface area contributed by atoms with Crippen LogP contribution in [-0.2, 0) is 9.31 Å². The van der Waals surface area contributed by atoms with E-state index in [2.05, 4.69) is 70.2 Å². The molecule has 138 valence electrons. The van der Waals surface area contributed by atoms with Crippen LogP contribution in [0, 0.1) is 0 Å². The van der Waals surface area contributed by atoms with E-state index in [-0.39, 0.29) is 11.2 Å². The monoisotopic (exact) mass is 368 g/mol. The van der Waals surface area contributed by atoms with E-state index in [9.17, 15) is 0 Å². The van der Waals surface area contributed by atoms with Crippen molar-refractivity contribution in [2.24, 2.45) is 0 Å². The van der Waals surface area contributed by atoms with Gasteiger partial charge in [-0.15, -0.1) is 0 Å². The average Bonchev–Trinajstić information content (AvgIpc) is 2.88. The normalized spacial score (nSPS) is 19.2. The van der Waals surface area contributed by atoms with Crippen molar-refractivity contribution in [3.63, 3.8) is 0 Å². The predicted octanol–water partition coefficient (Wildman–Crippen LogP) is 5.55. The lowest BCUT2D eigenvalue weighted by Crippen LogP contribution is -2.41. The highest BCUT2D eigenvalue weighted by Gasteiger charge is 2.51. The Labute approximate surface area is 164 Å². The highest BCUT2D eigenvalue weighted by Crippen LogP contribution is 2.46. The van der Waals surface area contributed by atoms with Gasteiger partial charge in [0.25, 0.3) is 0 Å². The fourth-order valence-corrected chi connectivity index (χ4v) is 4.41. The van der Waals surface area contributed by atoms with Crippen LogP contribution in [0.15, 0.2) is 54.6 Å². The van der Waals surface area contributed by atoms with Crippen molar-refractivity contribution in [3.8, 4) is 11.5 Å². The Hall–Kier alpha value is -2.56. The molecule has 0 spiro atoms. The fourth-order valence-electron chi connectivity index (χ4n) is 4.41. The van der Waals surface area contributed by atoms with Crippen LogP contribution in [0.5, 0.6) is 11.5 Å². The second kappa shape index (κ2) is 5.08. The highest BCUT2D eigenvalue weighted by molar-refractivity contribution is 6.62. The van der Waals surface area contributed by atoms with Crippen LogP contribution in [0.2, 0.25) is 0 Å². The van der Waals surface area contributed by atoms with E-state index in [0.29, 0.717) is 0 Å². The molecule has 2 heterocycles. The number of ether oxygens (including phenoxy) is 1. The summed E-state index contributed by atoms with van der Waals surface area (Å²) >= 11 is 0. The molecule has 0 unspecified atom stereocenters. The van der Waals surface area contributed by atoms with E-state index in [1.54, 1.807) is 0 Å². The summed E-state index contributed by atoms with van der Waals surface area (Å²) in [5.41, 5.74) is 0.256. The third-order valence-corrected chi connectivity index (χ3v) is 6.63. The molecule has 4 heteroatoms. The number of hydrogen-bond acceptors (Lipinski definition) is 3. The van der Waals surface area contributed by atoms with E-state index in [1.165, 1.54) is 26.9 Å². The van der Waals surface area contributed by atoms with Crippen LogP contribution in [-0.4, -0.2) is 18.3 Å². The van der Waals surface area contributed by atoms with Gasteiger partial charge in [0, 0.05) is 16.2 Å². The van der Waals surface area contributed by atoms with Gasteiger partial charge in [-0.1, -0.05) is 42.5 Å². The van der Waals surface area contributed by atoms with Crippen molar-refractivity contribution in [1.29, 1.82) is 0 Å². The summed E-state index contributed by atoms with van der Waals surface area (Å²) in [7, 11) is -0.405. The summed E-state index contributed by atoms with van der Waals surface area (Å²) in [6.45, 7) is 8.31. The van der Waals surface area contributed by atoms with Gasteiger partial charge in [-0.2, -0.15) is 0 Å². The zero-order valence-electron chi connectivity index (χ0n) is 16.5. The summed E-state index contributed by atoms with van der Waals surface area (Å²) in [4.78, 5) is 0. The summed E-state index contributed by atoms with van der Waals surface area (Å²) < 4.78 is 18.9. The van der Waals surface area contributed by atoms with Crippen molar-refractivity contribution < 1.29 is 14.0 Å². The molecule has 0 N–H and O–H groups in total. The molecule has 4 aromatic rings. The standard InChI is InChI=1S/C24H21BO3/c1-23(2)24(3,4)28-25(27-23)17-12-16-11-10-15-9-8-14-6-5-7-18-20(14)22(15)21(16)19(13-17)26-18/h5-13H,1-4H3. The van der Waals surface area contributed by atoms with Crippen LogP contribution in [0.4, 0.5) is 0 Å².